The van der Waals surface area contributed by atoms with E-state index in [0.717, 1.165) is 5.56 Å². The number of benzene rings is 2. The summed E-state index contributed by atoms with van der Waals surface area (Å²) in [4.78, 5) is 0. The Morgan fingerprint density at radius 3 is 2.14 bits per heavy atom. The van der Waals surface area contributed by atoms with Crippen LogP contribution in [0.5, 0.6) is 5.75 Å². The molecule has 2 aromatic carbocycles. The topological polar surface area (TPSA) is 21.3 Å². The van der Waals surface area contributed by atoms with Gasteiger partial charge in [-0.05, 0) is 23.3 Å². The smallest absolute Gasteiger partial charge is 0.407 e. The highest BCUT2D eigenvalue weighted by Crippen LogP contribution is 2.33. The van der Waals surface area contributed by atoms with Gasteiger partial charge in [-0.2, -0.15) is 13.2 Å². The van der Waals surface area contributed by atoms with Crippen LogP contribution in [0.25, 0.3) is 0 Å². The quantitative estimate of drug-likeness (QED) is 0.897. The van der Waals surface area contributed by atoms with Crippen LogP contribution in [0, 0.1) is 0 Å². The molecule has 21 heavy (non-hydrogen) atoms. The molecule has 2 nitrogen and oxygen atoms in total. The normalized spacial score (nSPS) is 13.0. The van der Waals surface area contributed by atoms with Gasteiger partial charge in [0, 0.05) is 6.54 Å². The summed E-state index contributed by atoms with van der Waals surface area (Å²) in [7, 11) is 1.48. The molecule has 0 saturated carbocycles. The largest absolute Gasteiger partial charge is 0.497 e. The van der Waals surface area contributed by atoms with Gasteiger partial charge in [0.1, 0.15) is 11.8 Å². The van der Waals surface area contributed by atoms with Crippen molar-refractivity contribution in [3.05, 3.63) is 65.7 Å². The first kappa shape index (κ1) is 15.4. The summed E-state index contributed by atoms with van der Waals surface area (Å²) in [5.74, 6) is 0.530. The van der Waals surface area contributed by atoms with E-state index < -0.39 is 12.2 Å². The fourth-order valence-corrected chi connectivity index (χ4v) is 2.03. The highest BCUT2D eigenvalue weighted by molar-refractivity contribution is 5.30. The number of methoxy groups -OCH3 is 1. The van der Waals surface area contributed by atoms with Crippen molar-refractivity contribution in [3.8, 4) is 5.75 Å². The molecule has 0 aromatic heterocycles. The Bertz CT molecular complexity index is 552. The Morgan fingerprint density at radius 2 is 1.62 bits per heavy atom. The van der Waals surface area contributed by atoms with Gasteiger partial charge in [-0.3, -0.25) is 5.32 Å². The monoisotopic (exact) mass is 295 g/mol. The fraction of sp³-hybridized carbons (Fsp3) is 0.250. The van der Waals surface area contributed by atoms with Gasteiger partial charge in [-0.25, -0.2) is 0 Å². The molecule has 0 amide bonds. The molecule has 0 heterocycles. The molecule has 0 aliphatic rings. The minimum absolute atomic E-state index is 0.150. The fourth-order valence-electron chi connectivity index (χ4n) is 2.03. The van der Waals surface area contributed by atoms with Crippen LogP contribution in [0.4, 0.5) is 13.2 Å². The van der Waals surface area contributed by atoms with E-state index >= 15 is 0 Å². The lowest BCUT2D eigenvalue weighted by Gasteiger charge is -2.22. The van der Waals surface area contributed by atoms with E-state index in [9.17, 15) is 13.2 Å². The van der Waals surface area contributed by atoms with Crippen molar-refractivity contribution >= 4 is 0 Å². The number of hydrogen-bond donors (Lipinski definition) is 1. The molecule has 0 fully saturated rings. The summed E-state index contributed by atoms with van der Waals surface area (Å²) in [6.45, 7) is 0.150. The number of ether oxygens (including phenoxy) is 1. The van der Waals surface area contributed by atoms with Crippen molar-refractivity contribution in [2.24, 2.45) is 0 Å². The molecule has 0 saturated heterocycles. The third-order valence-corrected chi connectivity index (χ3v) is 3.13. The van der Waals surface area contributed by atoms with Crippen LogP contribution in [0.15, 0.2) is 54.6 Å². The number of halogens is 3. The van der Waals surface area contributed by atoms with Crippen LogP contribution in [0.2, 0.25) is 0 Å². The summed E-state index contributed by atoms with van der Waals surface area (Å²) < 4.78 is 44.6. The van der Waals surface area contributed by atoms with Crippen molar-refractivity contribution < 1.29 is 17.9 Å². The van der Waals surface area contributed by atoms with Gasteiger partial charge >= 0.3 is 6.18 Å². The molecule has 5 heteroatoms. The Morgan fingerprint density at radius 1 is 1.00 bits per heavy atom. The first-order valence-corrected chi connectivity index (χ1v) is 6.48. The van der Waals surface area contributed by atoms with Gasteiger partial charge in [0.05, 0.1) is 7.11 Å². The summed E-state index contributed by atoms with van der Waals surface area (Å²) in [5.41, 5.74) is 0.972. The maximum atomic E-state index is 13.2. The van der Waals surface area contributed by atoms with E-state index in [-0.39, 0.29) is 12.1 Å². The molecule has 112 valence electrons. The second-order valence-electron chi connectivity index (χ2n) is 4.61. The van der Waals surface area contributed by atoms with Gasteiger partial charge in [0.15, 0.2) is 0 Å². The van der Waals surface area contributed by atoms with E-state index in [1.165, 1.54) is 31.4 Å². The van der Waals surface area contributed by atoms with Crippen LogP contribution in [0.3, 0.4) is 0 Å². The first-order valence-electron chi connectivity index (χ1n) is 6.48. The average molecular weight is 295 g/mol. The molecular weight excluding hydrogens is 279 g/mol. The molecule has 2 rings (SSSR count). The van der Waals surface area contributed by atoms with Crippen LogP contribution in [-0.2, 0) is 6.54 Å². The van der Waals surface area contributed by atoms with Crippen LogP contribution in [0.1, 0.15) is 17.2 Å². The highest BCUT2D eigenvalue weighted by atomic mass is 19.4. The summed E-state index contributed by atoms with van der Waals surface area (Å²) in [6.07, 6.45) is -4.36. The highest BCUT2D eigenvalue weighted by Gasteiger charge is 2.40. The lowest BCUT2D eigenvalue weighted by Crippen LogP contribution is -2.33. The lowest BCUT2D eigenvalue weighted by molar-refractivity contribution is -0.158. The number of hydrogen-bond acceptors (Lipinski definition) is 2. The van der Waals surface area contributed by atoms with E-state index in [1.807, 2.05) is 6.07 Å². The molecule has 0 bridgehead atoms. The molecule has 0 aliphatic carbocycles. The second kappa shape index (κ2) is 6.63. The van der Waals surface area contributed by atoms with E-state index in [2.05, 4.69) is 5.32 Å². The Labute approximate surface area is 121 Å². The number of rotatable bonds is 5. The minimum atomic E-state index is -4.36. The Balaban J connectivity index is 2.14. The van der Waals surface area contributed by atoms with E-state index in [1.54, 1.807) is 24.3 Å². The minimum Gasteiger partial charge on any atom is -0.497 e. The molecule has 1 atom stereocenters. The molecule has 0 spiro atoms. The maximum Gasteiger partial charge on any atom is 0.407 e. The zero-order valence-electron chi connectivity index (χ0n) is 11.5. The molecule has 1 N–H and O–H groups in total. The number of alkyl halides is 3. The summed E-state index contributed by atoms with van der Waals surface area (Å²) in [6, 6.07) is 13.2. The zero-order valence-corrected chi connectivity index (χ0v) is 11.5. The van der Waals surface area contributed by atoms with E-state index in [4.69, 9.17) is 4.74 Å². The van der Waals surface area contributed by atoms with Crippen molar-refractivity contribution in [2.75, 3.05) is 7.11 Å². The van der Waals surface area contributed by atoms with Crippen molar-refractivity contribution in [1.29, 1.82) is 0 Å². The van der Waals surface area contributed by atoms with Crippen LogP contribution >= 0.6 is 0 Å². The SMILES string of the molecule is COc1ccc([C@H](NCc2ccccc2)C(F)(F)F)cc1. The van der Waals surface area contributed by atoms with Crippen molar-refractivity contribution in [1.82, 2.24) is 5.32 Å². The second-order valence-corrected chi connectivity index (χ2v) is 4.61. The predicted molar refractivity (Wildman–Crippen MR) is 75.1 cm³/mol. The standard InChI is InChI=1S/C16H16F3NO/c1-21-14-9-7-13(8-10-14)15(16(17,18)19)20-11-12-5-3-2-4-6-12/h2-10,15,20H,11H2,1H3/t15-/m0/s1. The van der Waals surface area contributed by atoms with Crippen LogP contribution < -0.4 is 10.1 Å². The summed E-state index contributed by atoms with van der Waals surface area (Å²) in [5, 5.41) is 2.56. The van der Waals surface area contributed by atoms with Gasteiger partial charge in [-0.1, -0.05) is 42.5 Å². The first-order chi connectivity index (χ1) is 10.0. The summed E-state index contributed by atoms with van der Waals surface area (Å²) >= 11 is 0. The van der Waals surface area contributed by atoms with Crippen LogP contribution in [-0.4, -0.2) is 13.3 Å². The van der Waals surface area contributed by atoms with Gasteiger partial charge in [0.2, 0.25) is 0 Å². The number of nitrogens with one attached hydrogen (secondary N) is 1. The molecular formula is C16H16F3NO. The third-order valence-electron chi connectivity index (χ3n) is 3.13. The Kier molecular flexibility index (Phi) is 4.85. The Hall–Kier alpha value is -2.01. The van der Waals surface area contributed by atoms with E-state index in [0.29, 0.717) is 5.75 Å². The maximum absolute atomic E-state index is 13.2. The molecule has 2 aromatic rings. The predicted octanol–water partition coefficient (Wildman–Crippen LogP) is 4.09. The van der Waals surface area contributed by atoms with Crippen molar-refractivity contribution in [3.63, 3.8) is 0 Å². The zero-order chi connectivity index (χ0) is 15.3. The van der Waals surface area contributed by atoms with Crippen molar-refractivity contribution in [2.45, 2.75) is 18.8 Å². The lowest BCUT2D eigenvalue weighted by atomic mass is 10.1. The average Bonchev–Trinajstić information content (AvgIpc) is 2.48. The molecule has 0 unspecified atom stereocenters. The van der Waals surface area contributed by atoms with Gasteiger partial charge < -0.3 is 4.74 Å². The third kappa shape index (κ3) is 4.23. The molecule has 0 radical (unpaired) electrons. The molecule has 0 aliphatic heterocycles. The van der Waals surface area contributed by atoms with Gasteiger partial charge in [0.25, 0.3) is 0 Å². The van der Waals surface area contributed by atoms with Gasteiger partial charge in [-0.15, -0.1) is 0 Å².